The van der Waals surface area contributed by atoms with Crippen molar-refractivity contribution in [1.29, 1.82) is 0 Å². The zero-order valence-electron chi connectivity index (χ0n) is 12.9. The number of hydrogen-bond acceptors (Lipinski definition) is 4. The zero-order valence-corrected chi connectivity index (χ0v) is 13.7. The van der Waals surface area contributed by atoms with Gasteiger partial charge in [0.05, 0.1) is 5.69 Å². The molecule has 108 valence electrons. The highest BCUT2D eigenvalue weighted by molar-refractivity contribution is 7.15. The van der Waals surface area contributed by atoms with Crippen molar-refractivity contribution < 1.29 is 0 Å². The summed E-state index contributed by atoms with van der Waals surface area (Å²) < 4.78 is 0. The molecule has 0 bridgehead atoms. The lowest BCUT2D eigenvalue weighted by molar-refractivity contribution is 0.569. The van der Waals surface area contributed by atoms with E-state index in [2.05, 4.69) is 37.9 Å². The first kappa shape index (κ1) is 14.8. The number of nitrogens with zero attached hydrogens (tertiary/aromatic N) is 2. The predicted octanol–water partition coefficient (Wildman–Crippen LogP) is 3.61. The smallest absolute Gasteiger partial charge is 0.186 e. The van der Waals surface area contributed by atoms with Gasteiger partial charge in [-0.2, -0.15) is 0 Å². The standard InChI is InChI=1S/C15H27N3S/c1-10(2)9-18(11(3)4)15-17-14(12-6-7-12)13(19-15)8-16-5/h10-12,16H,6-9H2,1-5H3. The summed E-state index contributed by atoms with van der Waals surface area (Å²) in [4.78, 5) is 8.87. The van der Waals surface area contributed by atoms with Crippen LogP contribution in [0.4, 0.5) is 5.13 Å². The Morgan fingerprint density at radius 1 is 1.32 bits per heavy atom. The Hall–Kier alpha value is -0.610. The van der Waals surface area contributed by atoms with Gasteiger partial charge in [-0.05, 0) is 39.7 Å². The molecule has 4 heteroatoms. The molecule has 0 amide bonds. The molecule has 2 rings (SSSR count). The van der Waals surface area contributed by atoms with Gasteiger partial charge in [-0.3, -0.25) is 0 Å². The fourth-order valence-electron chi connectivity index (χ4n) is 2.34. The molecule has 1 fully saturated rings. The molecule has 1 aliphatic rings. The van der Waals surface area contributed by atoms with Gasteiger partial charge in [-0.15, -0.1) is 11.3 Å². The average molecular weight is 281 g/mol. The number of rotatable bonds is 7. The van der Waals surface area contributed by atoms with Crippen molar-refractivity contribution in [2.24, 2.45) is 5.92 Å². The van der Waals surface area contributed by atoms with Gasteiger partial charge >= 0.3 is 0 Å². The number of thiazole rings is 1. The monoisotopic (exact) mass is 281 g/mol. The highest BCUT2D eigenvalue weighted by Gasteiger charge is 2.30. The quantitative estimate of drug-likeness (QED) is 0.827. The third kappa shape index (κ3) is 3.69. The van der Waals surface area contributed by atoms with Gasteiger partial charge in [-0.25, -0.2) is 4.98 Å². The summed E-state index contributed by atoms with van der Waals surface area (Å²) in [7, 11) is 2.02. The maximum absolute atomic E-state index is 4.97. The van der Waals surface area contributed by atoms with Crippen LogP contribution in [-0.4, -0.2) is 24.6 Å². The molecule has 1 aromatic heterocycles. The summed E-state index contributed by atoms with van der Waals surface area (Å²) >= 11 is 1.88. The number of aromatic nitrogens is 1. The summed E-state index contributed by atoms with van der Waals surface area (Å²) in [6.45, 7) is 11.1. The van der Waals surface area contributed by atoms with Crippen molar-refractivity contribution in [3.05, 3.63) is 10.6 Å². The zero-order chi connectivity index (χ0) is 14.0. The minimum absolute atomic E-state index is 0.517. The van der Waals surface area contributed by atoms with E-state index >= 15 is 0 Å². The molecule has 3 nitrogen and oxygen atoms in total. The first-order valence-corrected chi connectivity index (χ1v) is 8.25. The molecule has 0 radical (unpaired) electrons. The Bertz CT molecular complexity index is 408. The Balaban J connectivity index is 2.23. The third-order valence-electron chi connectivity index (χ3n) is 3.45. The second-order valence-corrected chi connectivity index (χ2v) is 7.31. The molecular formula is C15H27N3S. The van der Waals surface area contributed by atoms with E-state index in [9.17, 15) is 0 Å². The Labute approximate surface area is 121 Å². The average Bonchev–Trinajstić information content (AvgIpc) is 3.08. The lowest BCUT2D eigenvalue weighted by atomic mass is 10.2. The predicted molar refractivity (Wildman–Crippen MR) is 84.2 cm³/mol. The van der Waals surface area contributed by atoms with Crippen LogP contribution in [0.2, 0.25) is 0 Å². The lowest BCUT2D eigenvalue weighted by Crippen LogP contribution is -2.34. The van der Waals surface area contributed by atoms with E-state index in [4.69, 9.17) is 4.98 Å². The van der Waals surface area contributed by atoms with Crippen LogP contribution in [0.5, 0.6) is 0 Å². The van der Waals surface area contributed by atoms with Gasteiger partial charge in [0.25, 0.3) is 0 Å². The van der Waals surface area contributed by atoms with Crippen LogP contribution in [-0.2, 0) is 6.54 Å². The van der Waals surface area contributed by atoms with Gasteiger partial charge in [0.15, 0.2) is 5.13 Å². The van der Waals surface area contributed by atoms with Crippen molar-refractivity contribution in [3.8, 4) is 0 Å². The second-order valence-electron chi connectivity index (χ2n) is 6.25. The maximum Gasteiger partial charge on any atom is 0.186 e. The summed E-state index contributed by atoms with van der Waals surface area (Å²) in [5, 5.41) is 4.50. The van der Waals surface area contributed by atoms with Crippen molar-refractivity contribution >= 4 is 16.5 Å². The van der Waals surface area contributed by atoms with Gasteiger partial charge < -0.3 is 10.2 Å². The van der Waals surface area contributed by atoms with Gasteiger partial charge in [-0.1, -0.05) is 13.8 Å². The molecule has 0 aliphatic heterocycles. The molecule has 0 saturated heterocycles. The number of hydrogen-bond donors (Lipinski definition) is 1. The van der Waals surface area contributed by atoms with Gasteiger partial charge in [0.1, 0.15) is 0 Å². The van der Waals surface area contributed by atoms with Crippen molar-refractivity contribution in [2.75, 3.05) is 18.5 Å². The molecule has 1 heterocycles. The molecular weight excluding hydrogens is 254 g/mol. The van der Waals surface area contributed by atoms with E-state index in [-0.39, 0.29) is 0 Å². The Kier molecular flexibility index (Phi) is 4.85. The molecule has 19 heavy (non-hydrogen) atoms. The van der Waals surface area contributed by atoms with E-state index in [1.165, 1.54) is 28.5 Å². The van der Waals surface area contributed by atoms with Crippen molar-refractivity contribution in [1.82, 2.24) is 10.3 Å². The SMILES string of the molecule is CNCc1sc(N(CC(C)C)C(C)C)nc1C1CC1. The van der Waals surface area contributed by atoms with Crippen LogP contribution in [0.25, 0.3) is 0 Å². The van der Waals surface area contributed by atoms with E-state index < -0.39 is 0 Å². The van der Waals surface area contributed by atoms with E-state index in [1.807, 2.05) is 18.4 Å². The topological polar surface area (TPSA) is 28.2 Å². The van der Waals surface area contributed by atoms with Crippen LogP contribution in [0.15, 0.2) is 0 Å². The fraction of sp³-hybridized carbons (Fsp3) is 0.800. The largest absolute Gasteiger partial charge is 0.345 e. The van der Waals surface area contributed by atoms with E-state index in [1.54, 1.807) is 0 Å². The summed E-state index contributed by atoms with van der Waals surface area (Å²) in [6, 6.07) is 0.517. The van der Waals surface area contributed by atoms with Crippen molar-refractivity contribution in [2.45, 2.75) is 59.0 Å². The summed E-state index contributed by atoms with van der Waals surface area (Å²) in [5.74, 6) is 1.41. The first-order chi connectivity index (χ1) is 9.02. The Morgan fingerprint density at radius 3 is 2.47 bits per heavy atom. The van der Waals surface area contributed by atoms with Gasteiger partial charge in [0, 0.05) is 29.9 Å². The number of nitrogens with one attached hydrogen (secondary N) is 1. The van der Waals surface area contributed by atoms with E-state index in [0.29, 0.717) is 12.0 Å². The van der Waals surface area contributed by atoms with Crippen LogP contribution in [0, 0.1) is 5.92 Å². The highest BCUT2D eigenvalue weighted by atomic mass is 32.1. The van der Waals surface area contributed by atoms with E-state index in [0.717, 1.165) is 19.0 Å². The summed E-state index contributed by atoms with van der Waals surface area (Å²) in [6.07, 6.45) is 2.65. The molecule has 1 saturated carbocycles. The molecule has 0 unspecified atom stereocenters. The van der Waals surface area contributed by atoms with Crippen LogP contribution in [0.1, 0.15) is 57.0 Å². The van der Waals surface area contributed by atoms with Crippen LogP contribution in [0.3, 0.4) is 0 Å². The normalized spacial score (nSPS) is 15.5. The van der Waals surface area contributed by atoms with Gasteiger partial charge in [0.2, 0.25) is 0 Å². The van der Waals surface area contributed by atoms with Crippen molar-refractivity contribution in [3.63, 3.8) is 0 Å². The third-order valence-corrected chi connectivity index (χ3v) is 4.56. The highest BCUT2D eigenvalue weighted by Crippen LogP contribution is 2.44. The fourth-order valence-corrected chi connectivity index (χ4v) is 3.64. The molecule has 1 N–H and O–H groups in total. The molecule has 1 aromatic rings. The van der Waals surface area contributed by atoms with Crippen LogP contribution >= 0.6 is 11.3 Å². The van der Waals surface area contributed by atoms with Crippen LogP contribution < -0.4 is 10.2 Å². The molecule has 0 spiro atoms. The summed E-state index contributed by atoms with van der Waals surface area (Å²) in [5.41, 5.74) is 1.36. The number of anilines is 1. The Morgan fingerprint density at radius 2 is 2.00 bits per heavy atom. The molecule has 0 aromatic carbocycles. The second kappa shape index (κ2) is 6.23. The molecule has 1 aliphatic carbocycles. The lowest BCUT2D eigenvalue weighted by Gasteiger charge is -2.27. The minimum Gasteiger partial charge on any atom is -0.345 e. The first-order valence-electron chi connectivity index (χ1n) is 7.43. The maximum atomic E-state index is 4.97. The molecule has 0 atom stereocenters. The minimum atomic E-state index is 0.517.